The van der Waals surface area contributed by atoms with Crippen LogP contribution < -0.4 is 16.0 Å². The Kier molecular flexibility index (Phi) is 18.9. The van der Waals surface area contributed by atoms with Crippen molar-refractivity contribution in [2.45, 2.75) is 40.0 Å². The molecule has 126 valence electrons. The summed E-state index contributed by atoms with van der Waals surface area (Å²) in [6, 6.07) is 0. The Hall–Kier alpha value is -0.570. The van der Waals surface area contributed by atoms with E-state index in [1.807, 2.05) is 13.8 Å². The molecule has 0 fully saturated rings. The maximum atomic E-state index is 11.3. The highest BCUT2D eigenvalue weighted by atomic mass is 127. The quantitative estimate of drug-likeness (QED) is 0.207. The van der Waals surface area contributed by atoms with Crippen molar-refractivity contribution >= 4 is 35.8 Å². The molecule has 21 heavy (non-hydrogen) atoms. The van der Waals surface area contributed by atoms with E-state index in [1.54, 1.807) is 0 Å². The van der Waals surface area contributed by atoms with Crippen molar-refractivity contribution in [3.63, 3.8) is 0 Å². The number of carbonyl (C=O) groups excluding carboxylic acids is 1. The van der Waals surface area contributed by atoms with Gasteiger partial charge in [-0.25, -0.2) is 4.99 Å². The number of rotatable bonds is 11. The van der Waals surface area contributed by atoms with Gasteiger partial charge in [0.1, 0.15) is 6.54 Å². The summed E-state index contributed by atoms with van der Waals surface area (Å²) in [6.07, 6.45) is 3.20. The lowest BCUT2D eigenvalue weighted by Gasteiger charge is -2.11. The number of carbonyl (C=O) groups is 1. The SMILES string of the molecule is CCCCOCCCNC(=NCC(=O)NCC)NCC.I. The zero-order valence-electron chi connectivity index (χ0n) is 13.5. The molecule has 0 unspecified atom stereocenters. The van der Waals surface area contributed by atoms with E-state index >= 15 is 0 Å². The summed E-state index contributed by atoms with van der Waals surface area (Å²) >= 11 is 0. The highest BCUT2D eigenvalue weighted by Gasteiger charge is 2.00. The average molecular weight is 414 g/mol. The second kappa shape index (κ2) is 17.5. The molecule has 0 aliphatic carbocycles. The molecule has 7 heteroatoms. The van der Waals surface area contributed by atoms with Crippen molar-refractivity contribution in [2.24, 2.45) is 4.99 Å². The smallest absolute Gasteiger partial charge is 0.241 e. The van der Waals surface area contributed by atoms with E-state index in [-0.39, 0.29) is 36.4 Å². The summed E-state index contributed by atoms with van der Waals surface area (Å²) in [6.45, 7) is 9.97. The lowest BCUT2D eigenvalue weighted by atomic mass is 10.4. The van der Waals surface area contributed by atoms with Gasteiger partial charge in [-0.1, -0.05) is 13.3 Å². The number of ether oxygens (including phenoxy) is 1. The van der Waals surface area contributed by atoms with Gasteiger partial charge in [0.2, 0.25) is 5.91 Å². The van der Waals surface area contributed by atoms with Crippen molar-refractivity contribution in [1.82, 2.24) is 16.0 Å². The lowest BCUT2D eigenvalue weighted by molar-refractivity contribution is -0.119. The number of nitrogens with one attached hydrogen (secondary N) is 3. The zero-order valence-corrected chi connectivity index (χ0v) is 15.9. The Morgan fingerprint density at radius 1 is 1.00 bits per heavy atom. The molecule has 0 spiro atoms. The summed E-state index contributed by atoms with van der Waals surface area (Å²) in [5, 5.41) is 9.01. The zero-order chi connectivity index (χ0) is 15.1. The molecule has 3 N–H and O–H groups in total. The molecule has 0 aromatic rings. The van der Waals surface area contributed by atoms with Crippen LogP contribution in [0.4, 0.5) is 0 Å². The minimum atomic E-state index is -0.0624. The molecule has 1 amide bonds. The number of unbranched alkanes of at least 4 members (excludes halogenated alkanes) is 1. The van der Waals surface area contributed by atoms with Gasteiger partial charge in [0, 0.05) is 32.8 Å². The molecule has 0 saturated carbocycles. The molecule has 0 saturated heterocycles. The van der Waals surface area contributed by atoms with Crippen molar-refractivity contribution in [3.8, 4) is 0 Å². The lowest BCUT2D eigenvalue weighted by Crippen LogP contribution is -2.39. The second-order valence-electron chi connectivity index (χ2n) is 4.39. The predicted molar refractivity (Wildman–Crippen MR) is 98.4 cm³/mol. The van der Waals surface area contributed by atoms with Crippen LogP contribution in [0.15, 0.2) is 4.99 Å². The maximum absolute atomic E-state index is 11.3. The number of hydrogen-bond acceptors (Lipinski definition) is 3. The first kappa shape index (κ1) is 22.7. The highest BCUT2D eigenvalue weighted by Crippen LogP contribution is 1.89. The Bertz CT molecular complexity index is 276. The van der Waals surface area contributed by atoms with Crippen LogP contribution in [0.2, 0.25) is 0 Å². The summed E-state index contributed by atoms with van der Waals surface area (Å²) < 4.78 is 5.48. The van der Waals surface area contributed by atoms with Crippen LogP contribution in [0.3, 0.4) is 0 Å². The normalized spacial score (nSPS) is 10.7. The topological polar surface area (TPSA) is 74.8 Å². The fourth-order valence-electron chi connectivity index (χ4n) is 1.48. The monoisotopic (exact) mass is 414 g/mol. The second-order valence-corrected chi connectivity index (χ2v) is 4.39. The van der Waals surface area contributed by atoms with Crippen molar-refractivity contribution in [3.05, 3.63) is 0 Å². The average Bonchev–Trinajstić information content (AvgIpc) is 2.44. The number of hydrogen-bond donors (Lipinski definition) is 3. The number of likely N-dealkylation sites (N-methyl/N-ethyl adjacent to an activating group) is 1. The standard InChI is InChI=1S/C14H30N4O2.HI/c1-4-7-10-20-11-8-9-17-14(16-6-3)18-12-13(19)15-5-2;/h4-12H2,1-3H3,(H,15,19)(H2,16,17,18);1H. The summed E-state index contributed by atoms with van der Waals surface area (Å²) in [7, 11) is 0. The van der Waals surface area contributed by atoms with E-state index < -0.39 is 0 Å². The van der Waals surface area contributed by atoms with Crippen molar-refractivity contribution in [2.75, 3.05) is 39.4 Å². The molecular formula is C14H31IN4O2. The van der Waals surface area contributed by atoms with E-state index in [4.69, 9.17) is 4.74 Å². The Morgan fingerprint density at radius 3 is 2.29 bits per heavy atom. The van der Waals surface area contributed by atoms with Gasteiger partial charge < -0.3 is 20.7 Å². The summed E-state index contributed by atoms with van der Waals surface area (Å²) in [5.41, 5.74) is 0. The van der Waals surface area contributed by atoms with Gasteiger partial charge in [0.25, 0.3) is 0 Å². The maximum Gasteiger partial charge on any atom is 0.241 e. The van der Waals surface area contributed by atoms with Crippen molar-refractivity contribution in [1.29, 1.82) is 0 Å². The van der Waals surface area contributed by atoms with Gasteiger partial charge in [-0.05, 0) is 26.7 Å². The third kappa shape index (κ3) is 15.6. The number of guanidine groups is 1. The Balaban J connectivity index is 0. The number of halogens is 1. The minimum Gasteiger partial charge on any atom is -0.381 e. The minimum absolute atomic E-state index is 0. The van der Waals surface area contributed by atoms with Gasteiger partial charge in [-0.15, -0.1) is 24.0 Å². The van der Waals surface area contributed by atoms with E-state index in [0.29, 0.717) is 12.5 Å². The first-order valence-corrected chi connectivity index (χ1v) is 7.61. The molecule has 0 atom stereocenters. The first-order valence-electron chi connectivity index (χ1n) is 7.61. The molecule has 0 rings (SSSR count). The van der Waals surface area contributed by atoms with Gasteiger partial charge in [-0.3, -0.25) is 4.79 Å². The van der Waals surface area contributed by atoms with Crippen LogP contribution in [0, 0.1) is 0 Å². The molecule has 0 bridgehead atoms. The molecular weight excluding hydrogens is 383 g/mol. The predicted octanol–water partition coefficient (Wildman–Crippen LogP) is 1.50. The van der Waals surface area contributed by atoms with Gasteiger partial charge >= 0.3 is 0 Å². The fraction of sp³-hybridized carbons (Fsp3) is 0.857. The first-order chi connectivity index (χ1) is 9.74. The number of amides is 1. The molecule has 0 radical (unpaired) electrons. The summed E-state index contributed by atoms with van der Waals surface area (Å²) in [4.78, 5) is 15.6. The highest BCUT2D eigenvalue weighted by molar-refractivity contribution is 14.0. The summed E-state index contributed by atoms with van der Waals surface area (Å²) in [5.74, 6) is 0.611. The van der Waals surface area contributed by atoms with E-state index in [2.05, 4.69) is 27.9 Å². The van der Waals surface area contributed by atoms with Crippen LogP contribution in [0.5, 0.6) is 0 Å². The molecule has 0 aromatic heterocycles. The third-order valence-electron chi connectivity index (χ3n) is 2.50. The molecule has 6 nitrogen and oxygen atoms in total. The molecule has 0 aliphatic rings. The largest absolute Gasteiger partial charge is 0.381 e. The van der Waals surface area contributed by atoms with Gasteiger partial charge in [-0.2, -0.15) is 0 Å². The van der Waals surface area contributed by atoms with E-state index in [9.17, 15) is 4.79 Å². The van der Waals surface area contributed by atoms with Crippen LogP contribution in [0.25, 0.3) is 0 Å². The molecule has 0 aromatic carbocycles. The van der Waals surface area contributed by atoms with Gasteiger partial charge in [0.15, 0.2) is 5.96 Å². The van der Waals surface area contributed by atoms with E-state index in [0.717, 1.165) is 45.6 Å². The third-order valence-corrected chi connectivity index (χ3v) is 2.50. The Labute approximate surface area is 145 Å². The van der Waals surface area contributed by atoms with Crippen molar-refractivity contribution < 1.29 is 9.53 Å². The van der Waals surface area contributed by atoms with Crippen LogP contribution in [-0.2, 0) is 9.53 Å². The van der Waals surface area contributed by atoms with Crippen LogP contribution in [0.1, 0.15) is 40.0 Å². The Morgan fingerprint density at radius 2 is 1.67 bits per heavy atom. The van der Waals surface area contributed by atoms with Crippen LogP contribution >= 0.6 is 24.0 Å². The number of aliphatic imine (C=N–C) groups is 1. The fourth-order valence-corrected chi connectivity index (χ4v) is 1.48. The molecule has 0 heterocycles. The van der Waals surface area contributed by atoms with E-state index in [1.165, 1.54) is 0 Å². The van der Waals surface area contributed by atoms with Gasteiger partial charge in [0.05, 0.1) is 0 Å². The molecule has 0 aliphatic heterocycles. The number of nitrogens with zero attached hydrogens (tertiary/aromatic N) is 1. The van der Waals surface area contributed by atoms with Crippen LogP contribution in [-0.4, -0.2) is 51.3 Å².